The molecule has 108 valence electrons. The SMILES string of the molecule is CCOC(=O)C(=O)c1c(Cl)cc(C=O)c(OC)c1OC. The predicted octanol–water partition coefficient (Wildman–Crippen LogP) is 1.92. The number of hydrogen-bond acceptors (Lipinski definition) is 6. The summed E-state index contributed by atoms with van der Waals surface area (Å²) in [4.78, 5) is 34.5. The van der Waals surface area contributed by atoms with Gasteiger partial charge >= 0.3 is 5.97 Å². The van der Waals surface area contributed by atoms with Gasteiger partial charge < -0.3 is 14.2 Å². The van der Waals surface area contributed by atoms with Crippen molar-refractivity contribution < 1.29 is 28.6 Å². The molecule has 0 aliphatic rings. The number of Topliss-reactive ketones (excluding diaryl/α,β-unsaturated/α-hetero) is 1. The summed E-state index contributed by atoms with van der Waals surface area (Å²) in [6, 6.07) is 1.22. The molecule has 0 radical (unpaired) electrons. The number of halogens is 1. The van der Waals surface area contributed by atoms with Crippen molar-refractivity contribution in [2.45, 2.75) is 6.92 Å². The van der Waals surface area contributed by atoms with Crippen molar-refractivity contribution in [2.75, 3.05) is 20.8 Å². The van der Waals surface area contributed by atoms with E-state index in [1.165, 1.54) is 20.3 Å². The zero-order chi connectivity index (χ0) is 15.3. The molecule has 6 nitrogen and oxygen atoms in total. The summed E-state index contributed by atoms with van der Waals surface area (Å²) in [6.07, 6.45) is 0.506. The van der Waals surface area contributed by atoms with Crippen molar-refractivity contribution in [1.29, 1.82) is 0 Å². The average molecular weight is 301 g/mol. The van der Waals surface area contributed by atoms with Gasteiger partial charge in [0.05, 0.1) is 37.0 Å². The van der Waals surface area contributed by atoms with E-state index in [4.69, 9.17) is 21.1 Å². The van der Waals surface area contributed by atoms with Crippen LogP contribution in [-0.4, -0.2) is 38.9 Å². The number of carbonyl (C=O) groups excluding carboxylic acids is 3. The van der Waals surface area contributed by atoms with Crippen molar-refractivity contribution in [2.24, 2.45) is 0 Å². The van der Waals surface area contributed by atoms with Crippen LogP contribution in [0.1, 0.15) is 27.6 Å². The molecule has 0 aliphatic carbocycles. The van der Waals surface area contributed by atoms with Gasteiger partial charge in [-0.1, -0.05) is 11.6 Å². The van der Waals surface area contributed by atoms with E-state index in [1.807, 2.05) is 0 Å². The van der Waals surface area contributed by atoms with E-state index in [1.54, 1.807) is 6.92 Å². The Morgan fingerprint density at radius 2 is 1.85 bits per heavy atom. The van der Waals surface area contributed by atoms with E-state index >= 15 is 0 Å². The smallest absolute Gasteiger partial charge is 0.379 e. The molecule has 7 heteroatoms. The van der Waals surface area contributed by atoms with Gasteiger partial charge in [-0.05, 0) is 13.0 Å². The minimum Gasteiger partial charge on any atom is -0.492 e. The summed E-state index contributed by atoms with van der Waals surface area (Å²) >= 11 is 5.94. The van der Waals surface area contributed by atoms with Gasteiger partial charge in [-0.25, -0.2) is 4.79 Å². The first-order chi connectivity index (χ1) is 9.51. The number of esters is 1. The molecule has 1 aromatic carbocycles. The molecule has 0 unspecified atom stereocenters. The van der Waals surface area contributed by atoms with E-state index in [9.17, 15) is 14.4 Å². The highest BCUT2D eigenvalue weighted by Crippen LogP contribution is 2.39. The number of rotatable bonds is 6. The Morgan fingerprint density at radius 3 is 2.30 bits per heavy atom. The fourth-order valence-electron chi connectivity index (χ4n) is 1.63. The molecular formula is C13H13ClO6. The maximum absolute atomic E-state index is 12.0. The van der Waals surface area contributed by atoms with Gasteiger partial charge in [-0.15, -0.1) is 0 Å². The Hall–Kier alpha value is -2.08. The third kappa shape index (κ3) is 2.91. The van der Waals surface area contributed by atoms with Crippen LogP contribution in [0.4, 0.5) is 0 Å². The molecule has 0 aliphatic heterocycles. The monoisotopic (exact) mass is 300 g/mol. The van der Waals surface area contributed by atoms with Crippen LogP contribution in [0.25, 0.3) is 0 Å². The van der Waals surface area contributed by atoms with Gasteiger partial charge in [0.2, 0.25) is 0 Å². The highest BCUT2D eigenvalue weighted by molar-refractivity contribution is 6.46. The molecule has 0 saturated carbocycles. The summed E-state index contributed by atoms with van der Waals surface area (Å²) in [5.74, 6) is -2.09. The number of ketones is 1. The van der Waals surface area contributed by atoms with Crippen LogP contribution >= 0.6 is 11.6 Å². The maximum Gasteiger partial charge on any atom is 0.379 e. The quantitative estimate of drug-likeness (QED) is 0.346. The van der Waals surface area contributed by atoms with Crippen LogP contribution in [0.2, 0.25) is 5.02 Å². The normalized spacial score (nSPS) is 9.80. The van der Waals surface area contributed by atoms with Crippen LogP contribution < -0.4 is 9.47 Å². The van der Waals surface area contributed by atoms with Gasteiger partial charge in [0, 0.05) is 0 Å². The lowest BCUT2D eigenvalue weighted by Crippen LogP contribution is -2.19. The molecule has 0 amide bonds. The zero-order valence-corrected chi connectivity index (χ0v) is 11.9. The largest absolute Gasteiger partial charge is 0.492 e. The average Bonchev–Trinajstić information content (AvgIpc) is 2.45. The number of benzene rings is 1. The van der Waals surface area contributed by atoms with E-state index < -0.39 is 11.8 Å². The second-order valence-electron chi connectivity index (χ2n) is 3.56. The lowest BCUT2D eigenvalue weighted by molar-refractivity contribution is -0.137. The van der Waals surface area contributed by atoms with Crippen LogP contribution in [0.5, 0.6) is 11.5 Å². The zero-order valence-electron chi connectivity index (χ0n) is 11.2. The third-order valence-electron chi connectivity index (χ3n) is 2.44. The molecule has 0 atom stereocenters. The Kier molecular flexibility index (Phi) is 5.52. The van der Waals surface area contributed by atoms with E-state index in [0.717, 1.165) is 0 Å². The number of hydrogen-bond donors (Lipinski definition) is 0. The van der Waals surface area contributed by atoms with Gasteiger partial charge in [-0.2, -0.15) is 0 Å². The fraction of sp³-hybridized carbons (Fsp3) is 0.308. The first-order valence-electron chi connectivity index (χ1n) is 5.62. The predicted molar refractivity (Wildman–Crippen MR) is 70.9 cm³/mol. The van der Waals surface area contributed by atoms with Crippen LogP contribution in [-0.2, 0) is 9.53 Å². The third-order valence-corrected chi connectivity index (χ3v) is 2.74. The molecule has 20 heavy (non-hydrogen) atoms. The van der Waals surface area contributed by atoms with Crippen molar-refractivity contribution in [3.8, 4) is 11.5 Å². The molecule has 1 rings (SSSR count). The number of methoxy groups -OCH3 is 2. The minimum absolute atomic E-state index is 0.0274. The summed E-state index contributed by atoms with van der Waals surface area (Å²) in [7, 11) is 2.57. The summed E-state index contributed by atoms with van der Waals surface area (Å²) in [6.45, 7) is 1.62. The summed E-state index contributed by atoms with van der Waals surface area (Å²) < 4.78 is 14.7. The van der Waals surface area contributed by atoms with Gasteiger partial charge in [-0.3, -0.25) is 9.59 Å². The first kappa shape index (κ1) is 16.0. The molecule has 1 aromatic rings. The Balaban J connectivity index is 3.50. The molecule has 0 bridgehead atoms. The molecule has 0 heterocycles. The van der Waals surface area contributed by atoms with Crippen molar-refractivity contribution in [3.63, 3.8) is 0 Å². The van der Waals surface area contributed by atoms with Gasteiger partial charge in [0.15, 0.2) is 17.8 Å². The highest BCUT2D eigenvalue weighted by atomic mass is 35.5. The Morgan fingerprint density at radius 1 is 1.25 bits per heavy atom. The van der Waals surface area contributed by atoms with Crippen LogP contribution in [0, 0.1) is 0 Å². The molecule has 0 saturated heterocycles. The molecule has 0 spiro atoms. The second kappa shape index (κ2) is 6.91. The Labute approximate surface area is 120 Å². The number of carbonyl (C=O) groups is 3. The molecule has 0 aromatic heterocycles. The summed E-state index contributed by atoms with van der Waals surface area (Å²) in [5, 5.41) is -0.0946. The lowest BCUT2D eigenvalue weighted by atomic mass is 10.1. The minimum atomic E-state index is -1.06. The standard InChI is InChI=1S/C13H13ClO6/c1-4-20-13(17)10(16)9-8(14)5-7(6-15)11(18-2)12(9)19-3/h5-6H,4H2,1-3H3. The maximum atomic E-state index is 12.0. The fourth-order valence-corrected chi connectivity index (χ4v) is 1.92. The van der Waals surface area contributed by atoms with Gasteiger partial charge in [0.25, 0.3) is 5.78 Å². The van der Waals surface area contributed by atoms with Crippen LogP contribution in [0.3, 0.4) is 0 Å². The van der Waals surface area contributed by atoms with Crippen LogP contribution in [0.15, 0.2) is 6.07 Å². The van der Waals surface area contributed by atoms with E-state index in [2.05, 4.69) is 4.74 Å². The molecular weight excluding hydrogens is 288 g/mol. The van der Waals surface area contributed by atoms with E-state index in [-0.39, 0.29) is 34.3 Å². The van der Waals surface area contributed by atoms with Crippen molar-refractivity contribution in [3.05, 3.63) is 22.2 Å². The van der Waals surface area contributed by atoms with Crippen molar-refractivity contribution in [1.82, 2.24) is 0 Å². The summed E-state index contributed by atoms with van der Waals surface area (Å²) in [5.41, 5.74) is -0.0928. The Bertz CT molecular complexity index is 552. The van der Waals surface area contributed by atoms with Gasteiger partial charge in [0.1, 0.15) is 0 Å². The highest BCUT2D eigenvalue weighted by Gasteiger charge is 2.29. The molecule has 0 N–H and O–H groups in total. The van der Waals surface area contributed by atoms with E-state index in [0.29, 0.717) is 6.29 Å². The number of aldehydes is 1. The second-order valence-corrected chi connectivity index (χ2v) is 3.96. The molecule has 0 fully saturated rings. The lowest BCUT2D eigenvalue weighted by Gasteiger charge is -2.14. The number of ether oxygens (including phenoxy) is 3. The topological polar surface area (TPSA) is 78.9 Å². The van der Waals surface area contributed by atoms with Crippen molar-refractivity contribution >= 4 is 29.6 Å². The first-order valence-corrected chi connectivity index (χ1v) is 6.00.